The van der Waals surface area contributed by atoms with Gasteiger partial charge in [-0.25, -0.2) is 4.79 Å². The van der Waals surface area contributed by atoms with Crippen LogP contribution in [0, 0.1) is 0 Å². The standard InChI is InChI=1S/C9H8O6/c10-5-3-6(11)9(15)8(14)4(5)1-2-7(12)13/h1-3,10-11,14-15H,(H,12,13)/b2-1+. The number of aromatic hydroxyl groups is 4. The van der Waals surface area contributed by atoms with Crippen LogP contribution in [0.25, 0.3) is 6.08 Å². The zero-order chi connectivity index (χ0) is 11.6. The Morgan fingerprint density at radius 2 is 1.67 bits per heavy atom. The number of hydrogen-bond donors (Lipinski definition) is 5. The smallest absolute Gasteiger partial charge is 0.328 e. The molecule has 0 fully saturated rings. The van der Waals surface area contributed by atoms with Gasteiger partial charge in [-0.15, -0.1) is 0 Å². The van der Waals surface area contributed by atoms with Crippen molar-refractivity contribution in [3.8, 4) is 23.0 Å². The molecule has 0 saturated heterocycles. The third kappa shape index (κ3) is 2.11. The van der Waals surface area contributed by atoms with Gasteiger partial charge in [0, 0.05) is 12.1 Å². The summed E-state index contributed by atoms with van der Waals surface area (Å²) < 4.78 is 0. The first-order valence-electron chi connectivity index (χ1n) is 3.81. The van der Waals surface area contributed by atoms with Crippen molar-refractivity contribution in [1.82, 2.24) is 0 Å². The topological polar surface area (TPSA) is 118 Å². The van der Waals surface area contributed by atoms with Gasteiger partial charge in [0.2, 0.25) is 5.75 Å². The monoisotopic (exact) mass is 212 g/mol. The number of benzene rings is 1. The van der Waals surface area contributed by atoms with Gasteiger partial charge in [-0.2, -0.15) is 0 Å². The van der Waals surface area contributed by atoms with Crippen LogP contribution in [0.3, 0.4) is 0 Å². The van der Waals surface area contributed by atoms with Crippen LogP contribution in [0.15, 0.2) is 12.1 Å². The van der Waals surface area contributed by atoms with Crippen molar-refractivity contribution in [3.05, 3.63) is 17.7 Å². The summed E-state index contributed by atoms with van der Waals surface area (Å²) in [7, 11) is 0. The molecule has 6 heteroatoms. The first-order valence-corrected chi connectivity index (χ1v) is 3.81. The lowest BCUT2D eigenvalue weighted by molar-refractivity contribution is -0.131. The molecular formula is C9H8O6. The number of hydrogen-bond acceptors (Lipinski definition) is 5. The molecule has 0 radical (unpaired) electrons. The van der Waals surface area contributed by atoms with Crippen LogP contribution >= 0.6 is 0 Å². The normalized spacial score (nSPS) is 10.7. The number of phenols is 4. The Balaban J connectivity index is 3.30. The zero-order valence-corrected chi connectivity index (χ0v) is 7.38. The Morgan fingerprint density at radius 1 is 1.07 bits per heavy atom. The molecular weight excluding hydrogens is 204 g/mol. The molecule has 0 aliphatic rings. The number of aliphatic carboxylic acids is 1. The van der Waals surface area contributed by atoms with E-state index >= 15 is 0 Å². The summed E-state index contributed by atoms with van der Waals surface area (Å²) in [5.41, 5.74) is -0.285. The van der Waals surface area contributed by atoms with E-state index in [-0.39, 0.29) is 5.56 Å². The van der Waals surface area contributed by atoms with E-state index < -0.39 is 29.0 Å². The molecule has 1 rings (SSSR count). The summed E-state index contributed by atoms with van der Waals surface area (Å²) in [6, 6.07) is 0.788. The van der Waals surface area contributed by atoms with Crippen LogP contribution in [0.4, 0.5) is 0 Å². The lowest BCUT2D eigenvalue weighted by Gasteiger charge is -2.06. The second-order valence-corrected chi connectivity index (χ2v) is 2.70. The third-order valence-corrected chi connectivity index (χ3v) is 1.66. The highest BCUT2D eigenvalue weighted by Crippen LogP contribution is 2.42. The minimum atomic E-state index is -1.28. The average molecular weight is 212 g/mol. The summed E-state index contributed by atoms with van der Waals surface area (Å²) in [6.07, 6.45) is 1.57. The van der Waals surface area contributed by atoms with E-state index in [2.05, 4.69) is 0 Å². The summed E-state index contributed by atoms with van der Waals surface area (Å²) in [5, 5.41) is 44.9. The van der Waals surface area contributed by atoms with Gasteiger partial charge in [-0.1, -0.05) is 0 Å². The molecule has 0 amide bonds. The highest BCUT2D eigenvalue weighted by atomic mass is 16.4. The Labute approximate surface area is 84.0 Å². The number of carboxylic acid groups (broad SMARTS) is 1. The molecule has 0 aliphatic heterocycles. The molecule has 0 bridgehead atoms. The van der Waals surface area contributed by atoms with Crippen LogP contribution in [-0.2, 0) is 4.79 Å². The predicted molar refractivity (Wildman–Crippen MR) is 49.8 cm³/mol. The van der Waals surface area contributed by atoms with Crippen molar-refractivity contribution < 1.29 is 30.3 Å². The molecule has 0 aromatic heterocycles. The largest absolute Gasteiger partial charge is 0.507 e. The molecule has 0 spiro atoms. The first kappa shape index (κ1) is 10.7. The van der Waals surface area contributed by atoms with Crippen molar-refractivity contribution in [2.45, 2.75) is 0 Å². The van der Waals surface area contributed by atoms with E-state index in [1.807, 2.05) is 0 Å². The molecule has 0 heterocycles. The average Bonchev–Trinajstić information content (AvgIpc) is 2.14. The van der Waals surface area contributed by atoms with E-state index in [1.165, 1.54) is 0 Å². The zero-order valence-electron chi connectivity index (χ0n) is 7.38. The van der Waals surface area contributed by atoms with Gasteiger partial charge in [0.15, 0.2) is 11.5 Å². The van der Waals surface area contributed by atoms with Crippen molar-refractivity contribution in [2.24, 2.45) is 0 Å². The molecule has 0 saturated carbocycles. The molecule has 0 aliphatic carbocycles. The SMILES string of the molecule is O=C(O)/C=C/c1c(O)cc(O)c(O)c1O. The van der Waals surface area contributed by atoms with Gasteiger partial charge in [0.05, 0.1) is 5.56 Å². The number of carbonyl (C=O) groups is 1. The van der Waals surface area contributed by atoms with Crippen LogP contribution in [0.1, 0.15) is 5.56 Å². The second kappa shape index (κ2) is 3.79. The van der Waals surface area contributed by atoms with Gasteiger partial charge in [0.1, 0.15) is 5.75 Å². The van der Waals surface area contributed by atoms with E-state index in [0.29, 0.717) is 6.08 Å². The first-order chi connectivity index (χ1) is 6.93. The number of rotatable bonds is 2. The Hall–Kier alpha value is -2.37. The van der Waals surface area contributed by atoms with E-state index in [9.17, 15) is 15.0 Å². The summed E-state index contributed by atoms with van der Waals surface area (Å²) in [4.78, 5) is 10.2. The van der Waals surface area contributed by atoms with Crippen molar-refractivity contribution in [2.75, 3.05) is 0 Å². The molecule has 1 aromatic rings. The minimum Gasteiger partial charge on any atom is -0.507 e. The molecule has 6 nitrogen and oxygen atoms in total. The van der Waals surface area contributed by atoms with Crippen molar-refractivity contribution in [1.29, 1.82) is 0 Å². The van der Waals surface area contributed by atoms with E-state index in [4.69, 9.17) is 15.3 Å². The predicted octanol–water partition coefficient (Wildman–Crippen LogP) is 0.607. The molecule has 0 unspecified atom stereocenters. The van der Waals surface area contributed by atoms with Crippen molar-refractivity contribution in [3.63, 3.8) is 0 Å². The highest BCUT2D eigenvalue weighted by molar-refractivity contribution is 5.87. The summed E-state index contributed by atoms with van der Waals surface area (Å²) in [5.74, 6) is -4.12. The molecule has 80 valence electrons. The lowest BCUT2D eigenvalue weighted by atomic mass is 10.1. The fourth-order valence-electron chi connectivity index (χ4n) is 0.965. The molecule has 0 atom stereocenters. The third-order valence-electron chi connectivity index (χ3n) is 1.66. The Kier molecular flexibility index (Phi) is 2.70. The quantitative estimate of drug-likeness (QED) is 0.278. The molecule has 1 aromatic carbocycles. The maximum Gasteiger partial charge on any atom is 0.328 e. The Bertz CT molecular complexity index is 435. The highest BCUT2D eigenvalue weighted by Gasteiger charge is 2.14. The van der Waals surface area contributed by atoms with E-state index in [0.717, 1.165) is 12.1 Å². The van der Waals surface area contributed by atoms with Gasteiger partial charge in [-0.3, -0.25) is 0 Å². The molecule has 5 N–H and O–H groups in total. The number of carboxylic acids is 1. The van der Waals surface area contributed by atoms with Gasteiger partial charge in [0.25, 0.3) is 0 Å². The minimum absolute atomic E-state index is 0.285. The molecule has 15 heavy (non-hydrogen) atoms. The maximum atomic E-state index is 10.2. The van der Waals surface area contributed by atoms with Crippen LogP contribution in [-0.4, -0.2) is 31.5 Å². The van der Waals surface area contributed by atoms with E-state index in [1.54, 1.807) is 0 Å². The maximum absolute atomic E-state index is 10.2. The fourth-order valence-corrected chi connectivity index (χ4v) is 0.965. The van der Waals surface area contributed by atoms with Crippen LogP contribution in [0.2, 0.25) is 0 Å². The van der Waals surface area contributed by atoms with Gasteiger partial charge < -0.3 is 25.5 Å². The van der Waals surface area contributed by atoms with Gasteiger partial charge in [-0.05, 0) is 6.08 Å². The van der Waals surface area contributed by atoms with Crippen LogP contribution in [0.5, 0.6) is 23.0 Å². The van der Waals surface area contributed by atoms with Crippen LogP contribution < -0.4 is 0 Å². The van der Waals surface area contributed by atoms with Crippen molar-refractivity contribution >= 4 is 12.0 Å². The van der Waals surface area contributed by atoms with Gasteiger partial charge >= 0.3 is 5.97 Å². The lowest BCUT2D eigenvalue weighted by Crippen LogP contribution is -1.86. The Morgan fingerprint density at radius 3 is 2.20 bits per heavy atom. The number of phenolic OH excluding ortho intramolecular Hbond substituents is 4. The summed E-state index contributed by atoms with van der Waals surface area (Å²) in [6.45, 7) is 0. The second-order valence-electron chi connectivity index (χ2n) is 2.70. The fraction of sp³-hybridized carbons (Fsp3) is 0. The summed E-state index contributed by atoms with van der Waals surface area (Å²) >= 11 is 0.